The Kier molecular flexibility index (Phi) is 8.03. The fourth-order valence-corrected chi connectivity index (χ4v) is 4.25. The molecule has 0 atom stereocenters. The Morgan fingerprint density at radius 3 is 2.49 bits per heavy atom. The van der Waals surface area contributed by atoms with Gasteiger partial charge in [0.1, 0.15) is 11.3 Å². The average molecular weight is 472 g/mol. The zero-order chi connectivity index (χ0) is 24.6. The molecule has 0 aliphatic heterocycles. The number of oxazole rings is 1. The summed E-state index contributed by atoms with van der Waals surface area (Å²) in [5, 5.41) is 12.6. The van der Waals surface area contributed by atoms with Crippen molar-refractivity contribution in [3.05, 3.63) is 77.9 Å². The van der Waals surface area contributed by atoms with Crippen LogP contribution in [0.25, 0.3) is 22.6 Å². The Labute approximate surface area is 206 Å². The molecule has 4 aromatic rings. The molecule has 0 saturated carbocycles. The summed E-state index contributed by atoms with van der Waals surface area (Å²) >= 11 is 0. The third-order valence-electron chi connectivity index (χ3n) is 6.27. The minimum absolute atomic E-state index is 0.00745. The van der Waals surface area contributed by atoms with Crippen LogP contribution < -0.4 is 10.2 Å². The van der Waals surface area contributed by atoms with E-state index in [1.54, 1.807) is 18.2 Å². The fourth-order valence-electron chi connectivity index (χ4n) is 4.25. The minimum Gasteiger partial charge on any atom is -0.507 e. The Balaban J connectivity index is 1.27. The number of aromatic hydroxyl groups is 1. The van der Waals surface area contributed by atoms with Crippen LogP contribution in [-0.4, -0.2) is 35.6 Å². The Morgan fingerprint density at radius 1 is 0.971 bits per heavy atom. The van der Waals surface area contributed by atoms with Gasteiger partial charge in [0.2, 0.25) is 5.89 Å². The van der Waals surface area contributed by atoms with Gasteiger partial charge in [0.25, 0.3) is 5.91 Å². The van der Waals surface area contributed by atoms with Crippen molar-refractivity contribution in [2.45, 2.75) is 39.5 Å². The van der Waals surface area contributed by atoms with Gasteiger partial charge in [-0.25, -0.2) is 4.98 Å². The molecule has 3 aromatic carbocycles. The number of unbranched alkanes of at least 4 members (excludes halogenated alkanes) is 2. The Hall–Kier alpha value is -3.80. The number of phenolic OH excluding ortho intramolecular Hbond substituents is 1. The lowest BCUT2D eigenvalue weighted by Crippen LogP contribution is -2.24. The van der Waals surface area contributed by atoms with Crippen molar-refractivity contribution in [1.29, 1.82) is 0 Å². The molecule has 0 saturated heterocycles. The number of para-hydroxylation sites is 1. The molecule has 35 heavy (non-hydrogen) atoms. The molecule has 2 N–H and O–H groups in total. The number of fused-ring (bicyclic) bond motifs is 1. The number of carbonyl (C=O) groups excluding carboxylic acids is 1. The van der Waals surface area contributed by atoms with E-state index in [2.05, 4.69) is 60.5 Å². The Bertz CT molecular complexity index is 1260. The molecule has 0 unspecified atom stereocenters. The highest BCUT2D eigenvalue weighted by Gasteiger charge is 2.11. The molecule has 4 rings (SSSR count). The second-order valence-electron chi connectivity index (χ2n) is 8.62. The lowest BCUT2D eigenvalue weighted by atomic mass is 10.1. The van der Waals surface area contributed by atoms with Crippen molar-refractivity contribution in [3.8, 4) is 17.2 Å². The molecule has 1 amide bonds. The first kappa shape index (κ1) is 24.3. The number of hydrogen-bond acceptors (Lipinski definition) is 5. The number of nitrogens with one attached hydrogen (secondary N) is 1. The molecule has 182 valence electrons. The number of carbonyl (C=O) groups is 1. The van der Waals surface area contributed by atoms with E-state index >= 15 is 0 Å². The first-order valence-corrected chi connectivity index (χ1v) is 12.4. The summed E-state index contributed by atoms with van der Waals surface area (Å²) in [6.45, 7) is 6.87. The summed E-state index contributed by atoms with van der Waals surface area (Å²) < 4.78 is 6.00. The lowest BCUT2D eigenvalue weighted by molar-refractivity contribution is 0.0950. The van der Waals surface area contributed by atoms with Crippen LogP contribution in [0, 0.1) is 0 Å². The molecule has 0 aliphatic rings. The third kappa shape index (κ3) is 6.01. The van der Waals surface area contributed by atoms with E-state index < -0.39 is 0 Å². The second-order valence-corrected chi connectivity index (χ2v) is 8.62. The standard InChI is InChI=1S/C29H33N3O3/c1-3-32(4-2)23-16-14-22(15-17-23)29-31-25-20-21(13-18-27(25)35-29)10-6-5-9-19-30-28(34)24-11-7-8-12-26(24)33/h7-8,11-18,20,33H,3-6,9-10,19H2,1-2H3,(H,30,34). The predicted molar refractivity (Wildman–Crippen MR) is 141 cm³/mol. The topological polar surface area (TPSA) is 78.6 Å². The lowest BCUT2D eigenvalue weighted by Gasteiger charge is -2.20. The number of phenols is 1. The van der Waals surface area contributed by atoms with Crippen LogP contribution >= 0.6 is 0 Å². The van der Waals surface area contributed by atoms with Gasteiger partial charge in [-0.15, -0.1) is 0 Å². The summed E-state index contributed by atoms with van der Waals surface area (Å²) in [7, 11) is 0. The highest BCUT2D eigenvalue weighted by Crippen LogP contribution is 2.27. The number of amides is 1. The van der Waals surface area contributed by atoms with E-state index in [1.165, 1.54) is 17.3 Å². The number of rotatable bonds is 11. The normalized spacial score (nSPS) is 11.0. The summed E-state index contributed by atoms with van der Waals surface area (Å²) in [5.41, 5.74) is 5.39. The van der Waals surface area contributed by atoms with Crippen molar-refractivity contribution in [2.75, 3.05) is 24.5 Å². The number of anilines is 1. The van der Waals surface area contributed by atoms with Crippen LogP contribution in [0.1, 0.15) is 49.0 Å². The molecule has 6 heteroatoms. The van der Waals surface area contributed by atoms with E-state index in [4.69, 9.17) is 9.40 Å². The van der Waals surface area contributed by atoms with Crippen molar-refractivity contribution in [3.63, 3.8) is 0 Å². The number of aryl methyl sites for hydroxylation is 1. The highest BCUT2D eigenvalue weighted by atomic mass is 16.3. The van der Waals surface area contributed by atoms with Crippen LogP contribution in [0.15, 0.2) is 71.1 Å². The molecule has 0 spiro atoms. The molecular formula is C29H33N3O3. The first-order valence-electron chi connectivity index (χ1n) is 12.4. The van der Waals surface area contributed by atoms with Crippen molar-refractivity contribution in [2.24, 2.45) is 0 Å². The van der Waals surface area contributed by atoms with Gasteiger partial charge < -0.3 is 19.7 Å². The maximum absolute atomic E-state index is 12.1. The molecule has 0 radical (unpaired) electrons. The summed E-state index contributed by atoms with van der Waals surface area (Å²) in [4.78, 5) is 19.2. The van der Waals surface area contributed by atoms with Gasteiger partial charge in [-0.1, -0.05) is 24.6 Å². The number of nitrogens with zero attached hydrogens (tertiary/aromatic N) is 2. The number of benzene rings is 3. The zero-order valence-corrected chi connectivity index (χ0v) is 20.5. The maximum Gasteiger partial charge on any atom is 0.255 e. The average Bonchev–Trinajstić information content (AvgIpc) is 3.31. The molecule has 1 heterocycles. The maximum atomic E-state index is 12.1. The summed E-state index contributed by atoms with van der Waals surface area (Å²) in [5.74, 6) is 0.412. The van der Waals surface area contributed by atoms with Gasteiger partial charge in [-0.2, -0.15) is 0 Å². The second kappa shape index (κ2) is 11.6. The third-order valence-corrected chi connectivity index (χ3v) is 6.27. The van der Waals surface area contributed by atoms with Gasteiger partial charge >= 0.3 is 0 Å². The molecule has 0 fully saturated rings. The zero-order valence-electron chi connectivity index (χ0n) is 20.5. The molecule has 0 bridgehead atoms. The molecule has 0 aliphatic carbocycles. The van der Waals surface area contributed by atoms with Crippen LogP contribution in [0.4, 0.5) is 5.69 Å². The van der Waals surface area contributed by atoms with E-state index in [0.29, 0.717) is 18.0 Å². The molecule has 1 aromatic heterocycles. The van der Waals surface area contributed by atoms with Gasteiger partial charge in [0, 0.05) is 30.9 Å². The predicted octanol–water partition coefficient (Wildman–Crippen LogP) is 6.19. The number of hydrogen-bond donors (Lipinski definition) is 2. The van der Waals surface area contributed by atoms with E-state index in [9.17, 15) is 9.90 Å². The number of aromatic nitrogens is 1. The minimum atomic E-state index is -0.238. The van der Waals surface area contributed by atoms with Crippen LogP contribution in [0.3, 0.4) is 0 Å². The van der Waals surface area contributed by atoms with E-state index in [0.717, 1.165) is 55.4 Å². The van der Waals surface area contributed by atoms with Gasteiger partial charge in [0.05, 0.1) is 5.56 Å². The van der Waals surface area contributed by atoms with Crippen LogP contribution in [-0.2, 0) is 6.42 Å². The fraction of sp³-hybridized carbons (Fsp3) is 0.310. The smallest absolute Gasteiger partial charge is 0.255 e. The van der Waals surface area contributed by atoms with Crippen molar-refractivity contribution >= 4 is 22.7 Å². The van der Waals surface area contributed by atoms with Gasteiger partial charge in [0.15, 0.2) is 5.58 Å². The van der Waals surface area contributed by atoms with Crippen LogP contribution in [0.5, 0.6) is 5.75 Å². The summed E-state index contributed by atoms with van der Waals surface area (Å²) in [6.07, 6.45) is 3.86. The van der Waals surface area contributed by atoms with Crippen LogP contribution in [0.2, 0.25) is 0 Å². The monoisotopic (exact) mass is 471 g/mol. The quantitative estimate of drug-likeness (QED) is 0.255. The van der Waals surface area contributed by atoms with Crippen molar-refractivity contribution < 1.29 is 14.3 Å². The van der Waals surface area contributed by atoms with E-state index in [-0.39, 0.29) is 11.7 Å². The molecule has 6 nitrogen and oxygen atoms in total. The summed E-state index contributed by atoms with van der Waals surface area (Å²) in [6, 6.07) is 21.2. The van der Waals surface area contributed by atoms with Gasteiger partial charge in [-0.05, 0) is 87.2 Å². The largest absolute Gasteiger partial charge is 0.507 e. The highest BCUT2D eigenvalue weighted by molar-refractivity contribution is 5.96. The van der Waals surface area contributed by atoms with Crippen molar-refractivity contribution in [1.82, 2.24) is 10.3 Å². The van der Waals surface area contributed by atoms with E-state index in [1.807, 2.05) is 6.07 Å². The SMILES string of the molecule is CCN(CC)c1ccc(-c2nc3cc(CCCCCNC(=O)c4ccccc4O)ccc3o2)cc1. The Morgan fingerprint density at radius 2 is 1.74 bits per heavy atom. The van der Waals surface area contributed by atoms with Gasteiger partial charge in [-0.3, -0.25) is 4.79 Å². The molecular weight excluding hydrogens is 438 g/mol. The first-order chi connectivity index (χ1) is 17.1.